The molecule has 6 nitrogen and oxygen atoms in total. The second-order valence-corrected chi connectivity index (χ2v) is 5.09. The summed E-state index contributed by atoms with van der Waals surface area (Å²) in [6.07, 6.45) is 1.65. The van der Waals surface area contributed by atoms with Gasteiger partial charge in [0.2, 0.25) is 0 Å². The fourth-order valence-electron chi connectivity index (χ4n) is 2.15. The van der Waals surface area contributed by atoms with Crippen molar-refractivity contribution in [1.82, 2.24) is 4.98 Å². The lowest BCUT2D eigenvalue weighted by molar-refractivity contribution is 0.102. The lowest BCUT2D eigenvalue weighted by atomic mass is 10.2. The number of carbonyl (C=O) groups is 1. The van der Waals surface area contributed by atoms with E-state index < -0.39 is 0 Å². The SMILES string of the molecule is COc1cc(/N=N/c2ccccn2)ccc1NC(=O)c1ccccc1. The normalized spacial score (nSPS) is 10.6. The van der Waals surface area contributed by atoms with E-state index in [-0.39, 0.29) is 5.91 Å². The molecule has 0 aliphatic heterocycles. The van der Waals surface area contributed by atoms with Crippen LogP contribution in [0.4, 0.5) is 17.2 Å². The molecule has 0 aliphatic carbocycles. The Hall–Kier alpha value is -3.54. The maximum atomic E-state index is 12.3. The number of benzene rings is 2. The first kappa shape index (κ1) is 16.3. The van der Waals surface area contributed by atoms with Gasteiger partial charge in [0.25, 0.3) is 5.91 Å². The van der Waals surface area contributed by atoms with Crippen LogP contribution in [0.2, 0.25) is 0 Å². The number of pyridine rings is 1. The summed E-state index contributed by atoms with van der Waals surface area (Å²) in [6, 6.07) is 19.6. The number of methoxy groups -OCH3 is 1. The average molecular weight is 332 g/mol. The highest BCUT2D eigenvalue weighted by molar-refractivity contribution is 6.05. The van der Waals surface area contributed by atoms with Crippen LogP contribution >= 0.6 is 0 Å². The third-order valence-corrected chi connectivity index (χ3v) is 3.39. The molecule has 25 heavy (non-hydrogen) atoms. The molecule has 0 aliphatic rings. The summed E-state index contributed by atoms with van der Waals surface area (Å²) in [6.45, 7) is 0. The first-order valence-electron chi connectivity index (χ1n) is 7.63. The number of rotatable bonds is 5. The van der Waals surface area contributed by atoms with Crippen molar-refractivity contribution in [2.24, 2.45) is 10.2 Å². The molecule has 1 heterocycles. The van der Waals surface area contributed by atoms with Gasteiger partial charge in [0, 0.05) is 17.8 Å². The van der Waals surface area contributed by atoms with Crippen LogP contribution in [-0.2, 0) is 0 Å². The van der Waals surface area contributed by atoms with Crippen molar-refractivity contribution in [1.29, 1.82) is 0 Å². The summed E-state index contributed by atoms with van der Waals surface area (Å²) in [5.41, 5.74) is 1.73. The minimum atomic E-state index is -0.207. The van der Waals surface area contributed by atoms with Gasteiger partial charge in [-0.3, -0.25) is 4.79 Å². The van der Waals surface area contributed by atoms with Gasteiger partial charge in [-0.2, -0.15) is 0 Å². The zero-order chi connectivity index (χ0) is 17.5. The molecular formula is C19H16N4O2. The van der Waals surface area contributed by atoms with Gasteiger partial charge in [0.15, 0.2) is 5.82 Å². The third kappa shape index (κ3) is 4.26. The Morgan fingerprint density at radius 3 is 2.52 bits per heavy atom. The molecule has 2 aromatic carbocycles. The van der Waals surface area contributed by atoms with Gasteiger partial charge in [0.1, 0.15) is 5.75 Å². The molecule has 0 atom stereocenters. The number of nitrogens with one attached hydrogen (secondary N) is 1. The Labute approximate surface area is 145 Å². The Bertz CT molecular complexity index is 880. The number of azo groups is 1. The van der Waals surface area contributed by atoms with E-state index in [0.29, 0.717) is 28.5 Å². The summed E-state index contributed by atoms with van der Waals surface area (Å²) in [5, 5.41) is 11.0. The second kappa shape index (κ2) is 7.83. The standard InChI is InChI=1S/C19H16N4O2/c1-25-17-13-15(22-23-18-9-5-6-12-20-18)10-11-16(17)21-19(24)14-7-3-2-4-8-14/h2-13H,1H3,(H,21,24)/b23-22+. The first-order valence-corrected chi connectivity index (χ1v) is 7.63. The highest BCUT2D eigenvalue weighted by Gasteiger charge is 2.10. The van der Waals surface area contributed by atoms with Crippen molar-refractivity contribution in [2.75, 3.05) is 12.4 Å². The largest absolute Gasteiger partial charge is 0.494 e. The van der Waals surface area contributed by atoms with Crippen LogP contribution in [0.15, 0.2) is 83.2 Å². The third-order valence-electron chi connectivity index (χ3n) is 3.39. The van der Waals surface area contributed by atoms with Crippen LogP contribution in [0.5, 0.6) is 5.75 Å². The van der Waals surface area contributed by atoms with E-state index in [0.717, 1.165) is 0 Å². The highest BCUT2D eigenvalue weighted by atomic mass is 16.5. The van der Waals surface area contributed by atoms with Crippen molar-refractivity contribution >= 4 is 23.1 Å². The molecule has 0 saturated carbocycles. The molecule has 6 heteroatoms. The number of nitrogens with zero attached hydrogens (tertiary/aromatic N) is 3. The Balaban J connectivity index is 1.78. The van der Waals surface area contributed by atoms with Crippen LogP contribution < -0.4 is 10.1 Å². The number of hydrogen-bond acceptors (Lipinski definition) is 5. The molecule has 1 amide bonds. The second-order valence-electron chi connectivity index (χ2n) is 5.09. The van der Waals surface area contributed by atoms with Crippen LogP contribution in [0.25, 0.3) is 0 Å². The summed E-state index contributed by atoms with van der Waals surface area (Å²) in [4.78, 5) is 16.3. The number of anilines is 1. The molecule has 0 radical (unpaired) electrons. The summed E-state index contributed by atoms with van der Waals surface area (Å²) in [7, 11) is 1.53. The molecule has 124 valence electrons. The number of amides is 1. The fourth-order valence-corrected chi connectivity index (χ4v) is 2.15. The fraction of sp³-hybridized carbons (Fsp3) is 0.0526. The van der Waals surface area contributed by atoms with E-state index in [4.69, 9.17) is 4.74 Å². The van der Waals surface area contributed by atoms with E-state index in [1.807, 2.05) is 30.3 Å². The van der Waals surface area contributed by atoms with Crippen molar-refractivity contribution in [3.05, 3.63) is 78.5 Å². The molecule has 0 bridgehead atoms. The van der Waals surface area contributed by atoms with Crippen molar-refractivity contribution < 1.29 is 9.53 Å². The van der Waals surface area contributed by atoms with E-state index in [2.05, 4.69) is 20.5 Å². The number of aromatic nitrogens is 1. The van der Waals surface area contributed by atoms with E-state index in [1.54, 1.807) is 42.6 Å². The minimum Gasteiger partial charge on any atom is -0.494 e. The van der Waals surface area contributed by atoms with E-state index in [1.165, 1.54) is 7.11 Å². The maximum absolute atomic E-state index is 12.3. The predicted octanol–water partition coefficient (Wildman–Crippen LogP) is 4.76. The van der Waals surface area contributed by atoms with Gasteiger partial charge in [-0.1, -0.05) is 24.3 Å². The van der Waals surface area contributed by atoms with Gasteiger partial charge < -0.3 is 10.1 Å². The summed E-state index contributed by atoms with van der Waals surface area (Å²) in [5.74, 6) is 0.812. The van der Waals surface area contributed by atoms with E-state index in [9.17, 15) is 4.79 Å². The van der Waals surface area contributed by atoms with E-state index >= 15 is 0 Å². The van der Waals surface area contributed by atoms with Gasteiger partial charge in [-0.25, -0.2) is 4.98 Å². The van der Waals surface area contributed by atoms with Crippen molar-refractivity contribution in [3.63, 3.8) is 0 Å². The van der Waals surface area contributed by atoms with Crippen LogP contribution in [-0.4, -0.2) is 18.0 Å². The molecule has 0 saturated heterocycles. The molecule has 0 fully saturated rings. The van der Waals surface area contributed by atoms with Gasteiger partial charge >= 0.3 is 0 Å². The first-order chi connectivity index (χ1) is 12.3. The monoisotopic (exact) mass is 332 g/mol. The summed E-state index contributed by atoms with van der Waals surface area (Å²) >= 11 is 0. The zero-order valence-corrected chi connectivity index (χ0v) is 13.6. The number of hydrogen-bond donors (Lipinski definition) is 1. The molecule has 0 spiro atoms. The molecular weight excluding hydrogens is 316 g/mol. The van der Waals surface area contributed by atoms with Gasteiger partial charge in [0.05, 0.1) is 18.5 Å². The van der Waals surface area contributed by atoms with Crippen LogP contribution in [0.3, 0.4) is 0 Å². The lowest BCUT2D eigenvalue weighted by Crippen LogP contribution is -2.12. The Kier molecular flexibility index (Phi) is 5.11. The van der Waals surface area contributed by atoms with Crippen LogP contribution in [0, 0.1) is 0 Å². The van der Waals surface area contributed by atoms with Crippen molar-refractivity contribution in [3.8, 4) is 5.75 Å². The predicted molar refractivity (Wildman–Crippen MR) is 95.8 cm³/mol. The van der Waals surface area contributed by atoms with Crippen molar-refractivity contribution in [2.45, 2.75) is 0 Å². The Morgan fingerprint density at radius 2 is 1.80 bits per heavy atom. The summed E-state index contributed by atoms with van der Waals surface area (Å²) < 4.78 is 5.34. The quantitative estimate of drug-likeness (QED) is 0.684. The molecule has 3 aromatic rings. The topological polar surface area (TPSA) is 75.9 Å². The number of carbonyl (C=O) groups excluding carboxylic acids is 1. The zero-order valence-electron chi connectivity index (χ0n) is 13.6. The average Bonchev–Trinajstić information content (AvgIpc) is 2.68. The molecule has 3 rings (SSSR count). The molecule has 0 unspecified atom stereocenters. The Morgan fingerprint density at radius 1 is 1.00 bits per heavy atom. The lowest BCUT2D eigenvalue weighted by Gasteiger charge is -2.10. The van der Waals surface area contributed by atoms with Gasteiger partial charge in [-0.15, -0.1) is 10.2 Å². The number of ether oxygens (including phenoxy) is 1. The highest BCUT2D eigenvalue weighted by Crippen LogP contribution is 2.30. The molecule has 1 aromatic heterocycles. The van der Waals surface area contributed by atoms with Crippen LogP contribution in [0.1, 0.15) is 10.4 Å². The van der Waals surface area contributed by atoms with Gasteiger partial charge in [-0.05, 0) is 36.4 Å². The molecule has 1 N–H and O–H groups in total. The maximum Gasteiger partial charge on any atom is 0.255 e. The smallest absolute Gasteiger partial charge is 0.255 e. The minimum absolute atomic E-state index is 0.207.